The van der Waals surface area contributed by atoms with Crippen LogP contribution in [0, 0.1) is 5.41 Å². The summed E-state index contributed by atoms with van der Waals surface area (Å²) < 4.78 is 4.97. The van der Waals surface area contributed by atoms with Crippen LogP contribution in [0.1, 0.15) is 50.9 Å². The minimum Gasteiger partial charge on any atom is -0.462 e. The largest absolute Gasteiger partial charge is 0.462 e. The molecule has 0 aliphatic rings. The van der Waals surface area contributed by atoms with Crippen LogP contribution in [0.2, 0.25) is 0 Å². The van der Waals surface area contributed by atoms with E-state index in [1.807, 2.05) is 40.0 Å². The molecule has 1 aromatic rings. The molecule has 0 unspecified atom stereocenters. The van der Waals surface area contributed by atoms with Gasteiger partial charge >= 0.3 is 5.97 Å². The Morgan fingerprint density at radius 1 is 1.17 bits per heavy atom. The highest BCUT2D eigenvalue weighted by atomic mass is 16.5. The molecule has 0 aliphatic carbocycles. The van der Waals surface area contributed by atoms with Gasteiger partial charge < -0.3 is 15.0 Å². The van der Waals surface area contributed by atoms with E-state index in [2.05, 4.69) is 10.2 Å². The van der Waals surface area contributed by atoms with Crippen molar-refractivity contribution in [3.8, 4) is 0 Å². The molecule has 0 saturated heterocycles. The number of carbonyl (C=O) groups is 2. The molecule has 0 fully saturated rings. The summed E-state index contributed by atoms with van der Waals surface area (Å²) >= 11 is 0. The zero-order valence-electron chi connectivity index (χ0n) is 15.5. The number of hydrogen-bond acceptors (Lipinski definition) is 4. The van der Waals surface area contributed by atoms with E-state index in [-0.39, 0.29) is 17.3 Å². The third kappa shape index (κ3) is 5.87. The van der Waals surface area contributed by atoms with E-state index in [4.69, 9.17) is 4.74 Å². The van der Waals surface area contributed by atoms with E-state index in [0.29, 0.717) is 18.7 Å². The SMILES string of the molecule is CCOC(=O)c1ccc(N(C)CCCNC(=O)C(C)(C)CC)cc1. The second-order valence-electron chi connectivity index (χ2n) is 6.54. The summed E-state index contributed by atoms with van der Waals surface area (Å²) in [5, 5.41) is 2.99. The summed E-state index contributed by atoms with van der Waals surface area (Å²) in [7, 11) is 2.00. The summed E-state index contributed by atoms with van der Waals surface area (Å²) in [6, 6.07) is 7.36. The average Bonchev–Trinajstić information content (AvgIpc) is 2.58. The Labute approximate surface area is 145 Å². The van der Waals surface area contributed by atoms with Crippen LogP contribution < -0.4 is 10.2 Å². The van der Waals surface area contributed by atoms with Gasteiger partial charge in [-0.3, -0.25) is 4.79 Å². The van der Waals surface area contributed by atoms with Gasteiger partial charge in [0.25, 0.3) is 0 Å². The molecule has 5 heteroatoms. The summed E-state index contributed by atoms with van der Waals surface area (Å²) in [5.74, 6) is -0.195. The maximum Gasteiger partial charge on any atom is 0.338 e. The second kappa shape index (κ2) is 9.30. The molecule has 0 atom stereocenters. The zero-order valence-corrected chi connectivity index (χ0v) is 15.5. The molecule has 0 bridgehead atoms. The quantitative estimate of drug-likeness (QED) is 0.556. The van der Waals surface area contributed by atoms with Crippen molar-refractivity contribution >= 4 is 17.6 Å². The highest BCUT2D eigenvalue weighted by molar-refractivity contribution is 5.89. The molecule has 1 rings (SSSR count). The Morgan fingerprint density at radius 3 is 2.33 bits per heavy atom. The van der Waals surface area contributed by atoms with Crippen molar-refractivity contribution in [2.24, 2.45) is 5.41 Å². The molecule has 0 radical (unpaired) electrons. The van der Waals surface area contributed by atoms with Crippen molar-refractivity contribution in [3.05, 3.63) is 29.8 Å². The van der Waals surface area contributed by atoms with Crippen molar-refractivity contribution in [1.29, 1.82) is 0 Å². The standard InChI is InChI=1S/C19H30N2O3/c1-6-19(3,4)18(23)20-13-8-14-21(5)16-11-9-15(10-12-16)17(22)24-7-2/h9-12H,6-8,13-14H2,1-5H3,(H,20,23). The van der Waals surface area contributed by atoms with Crippen molar-refractivity contribution in [2.45, 2.75) is 40.5 Å². The van der Waals surface area contributed by atoms with Crippen LogP contribution in [0.15, 0.2) is 24.3 Å². The van der Waals surface area contributed by atoms with E-state index in [1.165, 1.54) is 0 Å². The van der Waals surface area contributed by atoms with Gasteiger partial charge in [0.2, 0.25) is 5.91 Å². The van der Waals surface area contributed by atoms with Crippen molar-refractivity contribution in [1.82, 2.24) is 5.32 Å². The Kier molecular flexibility index (Phi) is 7.75. The number of amides is 1. The summed E-state index contributed by atoms with van der Waals surface area (Å²) in [5.41, 5.74) is 1.28. The molecular formula is C19H30N2O3. The van der Waals surface area contributed by atoms with Gasteiger partial charge in [0.05, 0.1) is 12.2 Å². The fraction of sp³-hybridized carbons (Fsp3) is 0.579. The van der Waals surface area contributed by atoms with Gasteiger partial charge in [-0.15, -0.1) is 0 Å². The number of hydrogen-bond donors (Lipinski definition) is 1. The first-order chi connectivity index (χ1) is 11.3. The molecule has 1 amide bonds. The number of nitrogens with zero attached hydrogens (tertiary/aromatic N) is 1. The van der Waals surface area contributed by atoms with Crippen molar-refractivity contribution in [2.75, 3.05) is 31.6 Å². The Balaban J connectivity index is 2.42. The van der Waals surface area contributed by atoms with Gasteiger partial charge in [0.15, 0.2) is 0 Å². The molecule has 0 heterocycles. The molecule has 0 saturated carbocycles. The molecule has 0 aliphatic heterocycles. The van der Waals surface area contributed by atoms with Gasteiger partial charge in [-0.2, -0.15) is 0 Å². The van der Waals surface area contributed by atoms with Gasteiger partial charge in [-0.25, -0.2) is 4.79 Å². The summed E-state index contributed by atoms with van der Waals surface area (Å²) in [6.45, 7) is 9.59. The van der Waals surface area contributed by atoms with Crippen molar-refractivity contribution < 1.29 is 14.3 Å². The lowest BCUT2D eigenvalue weighted by molar-refractivity contribution is -0.129. The molecule has 134 valence electrons. The van der Waals surface area contributed by atoms with Crippen LogP contribution in [0.25, 0.3) is 0 Å². The van der Waals surface area contributed by atoms with Gasteiger partial charge in [-0.1, -0.05) is 20.8 Å². The lowest BCUT2D eigenvalue weighted by Gasteiger charge is -2.23. The Morgan fingerprint density at radius 2 is 1.79 bits per heavy atom. The number of rotatable bonds is 9. The monoisotopic (exact) mass is 334 g/mol. The fourth-order valence-corrected chi connectivity index (χ4v) is 2.11. The van der Waals surface area contributed by atoms with Crippen LogP contribution in [0.3, 0.4) is 0 Å². The van der Waals surface area contributed by atoms with Gasteiger partial charge in [0.1, 0.15) is 0 Å². The predicted molar refractivity (Wildman–Crippen MR) is 97.4 cm³/mol. The molecule has 24 heavy (non-hydrogen) atoms. The Bertz CT molecular complexity index is 538. The third-order valence-electron chi connectivity index (χ3n) is 4.27. The lowest BCUT2D eigenvalue weighted by Crippen LogP contribution is -2.37. The van der Waals surface area contributed by atoms with Gasteiger partial charge in [-0.05, 0) is 44.0 Å². The molecule has 1 aromatic carbocycles. The lowest BCUT2D eigenvalue weighted by atomic mass is 9.89. The minimum atomic E-state index is -0.311. The third-order valence-corrected chi connectivity index (χ3v) is 4.27. The number of benzene rings is 1. The summed E-state index contributed by atoms with van der Waals surface area (Å²) in [4.78, 5) is 25.7. The number of nitrogens with one attached hydrogen (secondary N) is 1. The van der Waals surface area contributed by atoms with E-state index >= 15 is 0 Å². The molecule has 0 spiro atoms. The maximum absolute atomic E-state index is 12.0. The molecule has 0 aromatic heterocycles. The van der Waals surface area contributed by atoms with E-state index < -0.39 is 0 Å². The number of esters is 1. The fourth-order valence-electron chi connectivity index (χ4n) is 2.11. The van der Waals surface area contributed by atoms with E-state index in [1.54, 1.807) is 19.1 Å². The second-order valence-corrected chi connectivity index (χ2v) is 6.54. The van der Waals surface area contributed by atoms with Gasteiger partial charge in [0, 0.05) is 31.2 Å². The molecule has 1 N–H and O–H groups in total. The number of anilines is 1. The highest BCUT2D eigenvalue weighted by Crippen LogP contribution is 2.19. The minimum absolute atomic E-state index is 0.103. The normalized spacial score (nSPS) is 11.0. The number of carbonyl (C=O) groups excluding carboxylic acids is 2. The van der Waals surface area contributed by atoms with E-state index in [9.17, 15) is 9.59 Å². The first-order valence-corrected chi connectivity index (χ1v) is 8.58. The molecule has 5 nitrogen and oxygen atoms in total. The van der Waals surface area contributed by atoms with Crippen LogP contribution in [-0.2, 0) is 9.53 Å². The molecular weight excluding hydrogens is 304 g/mol. The van der Waals surface area contributed by atoms with E-state index in [0.717, 1.165) is 25.1 Å². The smallest absolute Gasteiger partial charge is 0.338 e. The maximum atomic E-state index is 12.0. The topological polar surface area (TPSA) is 58.6 Å². The predicted octanol–water partition coefficient (Wildman–Crippen LogP) is 3.24. The Hall–Kier alpha value is -2.04. The first kappa shape index (κ1) is 20.0. The van der Waals surface area contributed by atoms with Crippen molar-refractivity contribution in [3.63, 3.8) is 0 Å². The number of ether oxygens (including phenoxy) is 1. The van der Waals surface area contributed by atoms with Crippen LogP contribution >= 0.6 is 0 Å². The van der Waals surface area contributed by atoms with Crippen LogP contribution in [0.4, 0.5) is 5.69 Å². The van der Waals surface area contributed by atoms with Crippen LogP contribution in [-0.4, -0.2) is 38.6 Å². The van der Waals surface area contributed by atoms with Crippen LogP contribution in [0.5, 0.6) is 0 Å². The highest BCUT2D eigenvalue weighted by Gasteiger charge is 2.24. The summed E-state index contributed by atoms with van der Waals surface area (Å²) in [6.07, 6.45) is 1.69. The average molecular weight is 334 g/mol. The first-order valence-electron chi connectivity index (χ1n) is 8.58. The zero-order chi connectivity index (χ0) is 18.2.